The fourth-order valence-electron chi connectivity index (χ4n) is 4.35. The molecule has 3 aliphatic rings. The van der Waals surface area contributed by atoms with Crippen LogP contribution in [0.2, 0.25) is 0 Å². The zero-order valence-corrected chi connectivity index (χ0v) is 17.0. The molecule has 2 aliphatic carbocycles. The van der Waals surface area contributed by atoms with Gasteiger partial charge in [0.1, 0.15) is 0 Å². The van der Waals surface area contributed by atoms with E-state index in [2.05, 4.69) is 5.10 Å². The largest absolute Gasteiger partial charge is 0.308 e. The quantitative estimate of drug-likeness (QED) is 0.767. The van der Waals surface area contributed by atoms with Gasteiger partial charge < -0.3 is 9.80 Å². The highest BCUT2D eigenvalue weighted by Crippen LogP contribution is 2.49. The predicted molar refractivity (Wildman–Crippen MR) is 108 cm³/mol. The zero-order chi connectivity index (χ0) is 21.2. The Hall–Kier alpha value is -2.77. The standard InChI is InChI=1S/C22H24F2N4O2/c1-13-10-27(21(30)15-3-4-15)20-7-16(5-6-19(20)28(13)14(2)29)17-9-25-26(11-17)12-18-8-22(18,23)24/h5-7,9,11,13,15,18H,3-4,8,10,12H2,1-2H3. The number of benzene rings is 1. The van der Waals surface area contributed by atoms with Crippen LogP contribution in [0, 0.1) is 11.8 Å². The summed E-state index contributed by atoms with van der Waals surface area (Å²) in [6.07, 6.45) is 5.15. The molecular weight excluding hydrogens is 390 g/mol. The Kier molecular flexibility index (Phi) is 4.24. The molecule has 1 aromatic carbocycles. The SMILES string of the molecule is CC(=O)N1c2ccc(-c3cnn(CC4CC4(F)F)c3)cc2N(C(=O)C2CC2)CC1C. The minimum absolute atomic E-state index is 0.0618. The van der Waals surface area contributed by atoms with Crippen LogP contribution in [-0.2, 0) is 16.1 Å². The summed E-state index contributed by atoms with van der Waals surface area (Å²) in [5.74, 6) is -3.11. The molecule has 0 radical (unpaired) electrons. The van der Waals surface area contributed by atoms with Crippen molar-refractivity contribution in [2.24, 2.45) is 11.8 Å². The van der Waals surface area contributed by atoms with Crippen LogP contribution >= 0.6 is 0 Å². The molecule has 2 amide bonds. The minimum atomic E-state index is -2.57. The highest BCUT2D eigenvalue weighted by atomic mass is 19.3. The van der Waals surface area contributed by atoms with Crippen LogP contribution in [0.15, 0.2) is 30.6 Å². The van der Waals surface area contributed by atoms with Gasteiger partial charge in [-0.1, -0.05) is 6.07 Å². The van der Waals surface area contributed by atoms with E-state index >= 15 is 0 Å². The summed E-state index contributed by atoms with van der Waals surface area (Å²) in [6.45, 7) is 4.13. The van der Waals surface area contributed by atoms with Crippen LogP contribution in [-0.4, -0.2) is 40.1 Å². The van der Waals surface area contributed by atoms with Crippen LogP contribution in [0.1, 0.15) is 33.1 Å². The number of amides is 2. The van der Waals surface area contributed by atoms with Gasteiger partial charge in [-0.2, -0.15) is 5.10 Å². The molecule has 2 atom stereocenters. The van der Waals surface area contributed by atoms with Gasteiger partial charge in [0.05, 0.1) is 23.6 Å². The molecule has 1 aliphatic heterocycles. The van der Waals surface area contributed by atoms with Gasteiger partial charge in [0.25, 0.3) is 5.92 Å². The summed E-state index contributed by atoms with van der Waals surface area (Å²) < 4.78 is 28.0. The molecule has 1 aromatic heterocycles. The van der Waals surface area contributed by atoms with E-state index in [1.807, 2.05) is 25.1 Å². The second kappa shape index (κ2) is 6.62. The van der Waals surface area contributed by atoms with Gasteiger partial charge in [0.2, 0.25) is 11.8 Å². The van der Waals surface area contributed by atoms with Gasteiger partial charge in [0.15, 0.2) is 0 Å². The van der Waals surface area contributed by atoms with Crippen LogP contribution in [0.25, 0.3) is 11.1 Å². The number of alkyl halides is 2. The Balaban J connectivity index is 1.48. The number of carbonyl (C=O) groups excluding carboxylic acids is 2. The van der Waals surface area contributed by atoms with Crippen molar-refractivity contribution >= 4 is 23.2 Å². The Morgan fingerprint density at radius 3 is 2.57 bits per heavy atom. The van der Waals surface area contributed by atoms with Crippen molar-refractivity contribution in [3.8, 4) is 11.1 Å². The van der Waals surface area contributed by atoms with E-state index in [0.717, 1.165) is 35.3 Å². The fraction of sp³-hybridized carbons (Fsp3) is 0.500. The van der Waals surface area contributed by atoms with Crippen molar-refractivity contribution < 1.29 is 18.4 Å². The normalized spacial score (nSPS) is 24.5. The topological polar surface area (TPSA) is 58.4 Å². The van der Waals surface area contributed by atoms with Crippen LogP contribution in [0.4, 0.5) is 20.2 Å². The maximum Gasteiger partial charge on any atom is 0.253 e. The fourth-order valence-corrected chi connectivity index (χ4v) is 4.35. The minimum Gasteiger partial charge on any atom is -0.308 e. The van der Waals surface area contributed by atoms with Crippen molar-refractivity contribution in [2.75, 3.05) is 16.3 Å². The number of fused-ring (bicyclic) bond motifs is 1. The number of hydrogen-bond donors (Lipinski definition) is 0. The first-order valence-electron chi connectivity index (χ1n) is 10.4. The molecule has 8 heteroatoms. The molecule has 0 N–H and O–H groups in total. The van der Waals surface area contributed by atoms with Gasteiger partial charge in [-0.15, -0.1) is 0 Å². The Morgan fingerprint density at radius 1 is 1.20 bits per heavy atom. The van der Waals surface area contributed by atoms with Gasteiger partial charge in [-0.25, -0.2) is 8.78 Å². The first-order chi connectivity index (χ1) is 14.2. The number of anilines is 2. The molecule has 2 aromatic rings. The van der Waals surface area contributed by atoms with E-state index in [4.69, 9.17) is 0 Å². The van der Waals surface area contributed by atoms with Gasteiger partial charge >= 0.3 is 0 Å². The van der Waals surface area contributed by atoms with E-state index < -0.39 is 11.8 Å². The molecule has 158 valence electrons. The Bertz CT molecular complexity index is 1030. The smallest absolute Gasteiger partial charge is 0.253 e. The number of nitrogens with zero attached hydrogens (tertiary/aromatic N) is 4. The predicted octanol–water partition coefficient (Wildman–Crippen LogP) is 3.70. The Morgan fingerprint density at radius 2 is 1.93 bits per heavy atom. The highest BCUT2D eigenvalue weighted by molar-refractivity contribution is 6.06. The van der Waals surface area contributed by atoms with Crippen LogP contribution in [0.5, 0.6) is 0 Å². The van der Waals surface area contributed by atoms with E-state index in [1.54, 1.807) is 26.9 Å². The van der Waals surface area contributed by atoms with Crippen LogP contribution < -0.4 is 9.80 Å². The molecule has 2 saturated carbocycles. The summed E-state index contributed by atoms with van der Waals surface area (Å²) in [6, 6.07) is 5.55. The second-order valence-corrected chi connectivity index (χ2v) is 8.78. The number of halogens is 2. The molecule has 0 spiro atoms. The van der Waals surface area contributed by atoms with E-state index in [-0.39, 0.29) is 36.7 Å². The first kappa shape index (κ1) is 19.2. The average molecular weight is 414 g/mol. The molecule has 2 fully saturated rings. The number of aromatic nitrogens is 2. The maximum absolute atomic E-state index is 13.2. The molecule has 2 unspecified atom stereocenters. The zero-order valence-electron chi connectivity index (χ0n) is 17.0. The lowest BCUT2D eigenvalue weighted by Crippen LogP contribution is -2.51. The van der Waals surface area contributed by atoms with Gasteiger partial charge in [0, 0.05) is 50.0 Å². The summed E-state index contributed by atoms with van der Waals surface area (Å²) in [5, 5.41) is 4.24. The third kappa shape index (κ3) is 3.28. The third-order valence-corrected chi connectivity index (χ3v) is 6.27. The molecule has 5 rings (SSSR count). The lowest BCUT2D eigenvalue weighted by molar-refractivity contribution is -0.120. The molecule has 6 nitrogen and oxygen atoms in total. The lowest BCUT2D eigenvalue weighted by Gasteiger charge is -2.41. The van der Waals surface area contributed by atoms with E-state index in [9.17, 15) is 18.4 Å². The molecule has 0 saturated heterocycles. The average Bonchev–Trinajstić information content (AvgIpc) is 3.58. The number of hydrogen-bond acceptors (Lipinski definition) is 3. The monoisotopic (exact) mass is 414 g/mol. The summed E-state index contributed by atoms with van der Waals surface area (Å²) >= 11 is 0. The maximum atomic E-state index is 13.2. The lowest BCUT2D eigenvalue weighted by atomic mass is 10.0. The molecule has 30 heavy (non-hydrogen) atoms. The van der Waals surface area contributed by atoms with Crippen molar-refractivity contribution in [1.82, 2.24) is 9.78 Å². The summed E-state index contributed by atoms with van der Waals surface area (Å²) in [5.41, 5.74) is 3.09. The van der Waals surface area contributed by atoms with Crippen LogP contribution in [0.3, 0.4) is 0 Å². The van der Waals surface area contributed by atoms with E-state index in [0.29, 0.717) is 6.54 Å². The van der Waals surface area contributed by atoms with Gasteiger partial charge in [-0.3, -0.25) is 14.3 Å². The highest BCUT2D eigenvalue weighted by Gasteiger charge is 2.56. The summed E-state index contributed by atoms with van der Waals surface area (Å²) in [7, 11) is 0. The Labute approximate surface area is 173 Å². The summed E-state index contributed by atoms with van der Waals surface area (Å²) in [4.78, 5) is 28.7. The first-order valence-corrected chi connectivity index (χ1v) is 10.4. The van der Waals surface area contributed by atoms with Crippen molar-refractivity contribution in [1.29, 1.82) is 0 Å². The second-order valence-electron chi connectivity index (χ2n) is 8.78. The van der Waals surface area contributed by atoms with Crippen molar-refractivity contribution in [3.63, 3.8) is 0 Å². The molecule has 0 bridgehead atoms. The third-order valence-electron chi connectivity index (χ3n) is 6.27. The van der Waals surface area contributed by atoms with E-state index in [1.165, 1.54) is 6.92 Å². The van der Waals surface area contributed by atoms with Gasteiger partial charge in [-0.05, 0) is 37.5 Å². The molecular formula is C22H24F2N4O2. The molecule has 2 heterocycles. The number of carbonyl (C=O) groups is 2. The number of rotatable bonds is 4. The van der Waals surface area contributed by atoms with Crippen molar-refractivity contribution in [2.45, 2.75) is 51.6 Å². The van der Waals surface area contributed by atoms with Crippen molar-refractivity contribution in [3.05, 3.63) is 30.6 Å².